The van der Waals surface area contributed by atoms with Gasteiger partial charge in [0.05, 0.1) is 15.0 Å². The van der Waals surface area contributed by atoms with Crippen molar-refractivity contribution in [3.8, 4) is 11.3 Å². The molecule has 0 atom stereocenters. The standard InChI is InChI=1S/C19H16Cl2N2O2S/c20-14-6-4-12(10-15(14)21)16-7-5-13(25-16)11-17-18(24)22-19(26-17)23-8-2-1-3-9-23/h4-7,10-11H,1-3,8-9H2. The van der Waals surface area contributed by atoms with Crippen LogP contribution in [0.4, 0.5) is 0 Å². The summed E-state index contributed by atoms with van der Waals surface area (Å²) in [5.74, 6) is 1.07. The van der Waals surface area contributed by atoms with Gasteiger partial charge in [0.2, 0.25) is 0 Å². The number of hydrogen-bond donors (Lipinski definition) is 0. The highest BCUT2D eigenvalue weighted by atomic mass is 35.5. The van der Waals surface area contributed by atoms with Crippen LogP contribution in [0.3, 0.4) is 0 Å². The Labute approximate surface area is 165 Å². The predicted octanol–water partition coefficient (Wildman–Crippen LogP) is 5.71. The van der Waals surface area contributed by atoms with E-state index in [0.29, 0.717) is 26.5 Å². The van der Waals surface area contributed by atoms with Gasteiger partial charge in [-0.25, -0.2) is 0 Å². The van der Waals surface area contributed by atoms with Gasteiger partial charge < -0.3 is 9.32 Å². The largest absolute Gasteiger partial charge is 0.457 e. The molecule has 0 spiro atoms. The molecule has 2 aliphatic heterocycles. The van der Waals surface area contributed by atoms with Crippen LogP contribution in [0, 0.1) is 0 Å². The highest BCUT2D eigenvalue weighted by Crippen LogP contribution is 2.33. The van der Waals surface area contributed by atoms with Crippen LogP contribution in [0.5, 0.6) is 0 Å². The summed E-state index contributed by atoms with van der Waals surface area (Å²) in [6, 6.07) is 9.01. The molecule has 1 aromatic heterocycles. The van der Waals surface area contributed by atoms with E-state index in [-0.39, 0.29) is 5.91 Å². The van der Waals surface area contributed by atoms with Crippen molar-refractivity contribution in [1.82, 2.24) is 4.90 Å². The number of benzene rings is 1. The lowest BCUT2D eigenvalue weighted by atomic mass is 10.1. The van der Waals surface area contributed by atoms with Gasteiger partial charge in [0, 0.05) is 24.7 Å². The highest BCUT2D eigenvalue weighted by Gasteiger charge is 2.27. The number of amides is 1. The van der Waals surface area contributed by atoms with Crippen molar-refractivity contribution in [2.75, 3.05) is 13.1 Å². The molecule has 1 fully saturated rings. The molecule has 1 amide bonds. The maximum absolute atomic E-state index is 12.2. The first kappa shape index (κ1) is 17.7. The van der Waals surface area contributed by atoms with Crippen LogP contribution in [0.25, 0.3) is 17.4 Å². The van der Waals surface area contributed by atoms with E-state index in [1.807, 2.05) is 18.2 Å². The number of thioether (sulfide) groups is 1. The van der Waals surface area contributed by atoms with Crippen LogP contribution in [-0.2, 0) is 4.79 Å². The molecule has 2 aromatic rings. The molecule has 0 radical (unpaired) electrons. The van der Waals surface area contributed by atoms with Gasteiger partial charge in [-0.3, -0.25) is 4.79 Å². The fourth-order valence-corrected chi connectivity index (χ4v) is 4.23. The van der Waals surface area contributed by atoms with Crippen molar-refractivity contribution in [2.24, 2.45) is 4.99 Å². The number of piperidine rings is 1. The number of likely N-dealkylation sites (tertiary alicyclic amines) is 1. The summed E-state index contributed by atoms with van der Waals surface area (Å²) < 4.78 is 5.85. The first-order valence-electron chi connectivity index (χ1n) is 8.43. The van der Waals surface area contributed by atoms with E-state index in [1.54, 1.807) is 18.2 Å². The van der Waals surface area contributed by atoms with Crippen molar-refractivity contribution in [3.63, 3.8) is 0 Å². The molecule has 3 heterocycles. The van der Waals surface area contributed by atoms with Gasteiger partial charge in [-0.15, -0.1) is 0 Å². The summed E-state index contributed by atoms with van der Waals surface area (Å²) in [5.41, 5.74) is 0.833. The zero-order chi connectivity index (χ0) is 18.1. The van der Waals surface area contributed by atoms with Crippen LogP contribution in [0.15, 0.2) is 44.6 Å². The Bertz CT molecular complexity index is 914. The summed E-state index contributed by atoms with van der Waals surface area (Å²) in [6.07, 6.45) is 5.29. The first-order chi connectivity index (χ1) is 12.6. The zero-order valence-corrected chi connectivity index (χ0v) is 16.2. The lowest BCUT2D eigenvalue weighted by molar-refractivity contribution is -0.113. The van der Waals surface area contributed by atoms with E-state index in [2.05, 4.69) is 9.89 Å². The van der Waals surface area contributed by atoms with E-state index >= 15 is 0 Å². The number of carbonyl (C=O) groups is 1. The second kappa shape index (κ2) is 7.51. The quantitative estimate of drug-likeness (QED) is 0.599. The average Bonchev–Trinajstić information content (AvgIpc) is 3.26. The van der Waals surface area contributed by atoms with Crippen LogP contribution in [0.1, 0.15) is 25.0 Å². The van der Waals surface area contributed by atoms with Crippen molar-refractivity contribution in [3.05, 3.63) is 51.0 Å². The van der Waals surface area contributed by atoms with Gasteiger partial charge in [-0.2, -0.15) is 4.99 Å². The normalized spacial score (nSPS) is 19.3. The smallest absolute Gasteiger partial charge is 0.286 e. The molecule has 26 heavy (non-hydrogen) atoms. The van der Waals surface area contributed by atoms with Crippen LogP contribution >= 0.6 is 35.0 Å². The Kier molecular flexibility index (Phi) is 5.11. The van der Waals surface area contributed by atoms with Gasteiger partial charge in [-0.1, -0.05) is 23.2 Å². The third kappa shape index (κ3) is 3.70. The molecular formula is C19H16Cl2N2O2S. The fourth-order valence-electron chi connectivity index (χ4n) is 2.98. The fraction of sp³-hybridized carbons (Fsp3) is 0.263. The lowest BCUT2D eigenvalue weighted by Crippen LogP contribution is -2.33. The van der Waals surface area contributed by atoms with E-state index < -0.39 is 0 Å². The van der Waals surface area contributed by atoms with E-state index in [9.17, 15) is 4.79 Å². The predicted molar refractivity (Wildman–Crippen MR) is 108 cm³/mol. The second-order valence-corrected chi connectivity index (χ2v) is 8.01. The Morgan fingerprint density at radius 3 is 2.65 bits per heavy atom. The molecule has 134 valence electrons. The zero-order valence-electron chi connectivity index (χ0n) is 13.9. The Morgan fingerprint density at radius 1 is 1.08 bits per heavy atom. The van der Waals surface area contributed by atoms with E-state index in [0.717, 1.165) is 36.7 Å². The Balaban J connectivity index is 1.51. The molecule has 4 nitrogen and oxygen atoms in total. The minimum atomic E-state index is -0.205. The van der Waals surface area contributed by atoms with Crippen molar-refractivity contribution in [1.29, 1.82) is 0 Å². The number of carbonyl (C=O) groups excluding carboxylic acids is 1. The maximum atomic E-state index is 12.2. The summed E-state index contributed by atoms with van der Waals surface area (Å²) in [4.78, 5) is 19.2. The molecule has 0 unspecified atom stereocenters. The number of halogens is 2. The summed E-state index contributed by atoms with van der Waals surface area (Å²) in [5, 5.41) is 1.78. The minimum Gasteiger partial charge on any atom is -0.457 e. The van der Waals surface area contributed by atoms with Crippen molar-refractivity contribution < 1.29 is 9.21 Å². The van der Waals surface area contributed by atoms with Gasteiger partial charge in [0.1, 0.15) is 11.5 Å². The molecule has 0 saturated carbocycles. The summed E-state index contributed by atoms with van der Waals surface area (Å²) in [7, 11) is 0. The van der Waals surface area contributed by atoms with Gasteiger partial charge in [0.15, 0.2) is 5.17 Å². The molecule has 4 rings (SSSR count). The summed E-state index contributed by atoms with van der Waals surface area (Å²) in [6.45, 7) is 1.93. The van der Waals surface area contributed by atoms with Crippen LogP contribution in [0.2, 0.25) is 10.0 Å². The van der Waals surface area contributed by atoms with Gasteiger partial charge in [-0.05, 0) is 61.4 Å². The monoisotopic (exact) mass is 406 g/mol. The number of rotatable bonds is 2. The van der Waals surface area contributed by atoms with Gasteiger partial charge in [0.25, 0.3) is 5.91 Å². The van der Waals surface area contributed by atoms with Crippen LogP contribution < -0.4 is 0 Å². The summed E-state index contributed by atoms with van der Waals surface area (Å²) >= 11 is 13.4. The second-order valence-electron chi connectivity index (χ2n) is 6.19. The number of hydrogen-bond acceptors (Lipinski definition) is 4. The molecule has 0 bridgehead atoms. The van der Waals surface area contributed by atoms with E-state index in [4.69, 9.17) is 27.6 Å². The van der Waals surface area contributed by atoms with Crippen LogP contribution in [-0.4, -0.2) is 29.1 Å². The number of nitrogens with zero attached hydrogens (tertiary/aromatic N) is 2. The Hall–Kier alpha value is -1.69. The SMILES string of the molecule is O=C1N=C(N2CCCCC2)SC1=Cc1ccc(-c2ccc(Cl)c(Cl)c2)o1. The highest BCUT2D eigenvalue weighted by molar-refractivity contribution is 8.18. The van der Waals surface area contributed by atoms with E-state index in [1.165, 1.54) is 18.2 Å². The minimum absolute atomic E-state index is 0.205. The number of aliphatic imine (C=N–C) groups is 1. The molecule has 1 saturated heterocycles. The molecule has 2 aliphatic rings. The molecule has 0 N–H and O–H groups in total. The topological polar surface area (TPSA) is 45.8 Å². The first-order valence-corrected chi connectivity index (χ1v) is 10.0. The third-order valence-electron chi connectivity index (χ3n) is 4.34. The third-order valence-corrected chi connectivity index (χ3v) is 6.12. The molecule has 1 aromatic carbocycles. The average molecular weight is 407 g/mol. The number of amidine groups is 1. The molecule has 0 aliphatic carbocycles. The van der Waals surface area contributed by atoms with Crippen molar-refractivity contribution in [2.45, 2.75) is 19.3 Å². The number of furan rings is 1. The van der Waals surface area contributed by atoms with Gasteiger partial charge >= 0.3 is 0 Å². The molecular weight excluding hydrogens is 391 g/mol. The molecule has 7 heteroatoms. The Morgan fingerprint density at radius 2 is 1.88 bits per heavy atom. The van der Waals surface area contributed by atoms with Crippen molar-refractivity contribution >= 4 is 52.1 Å². The maximum Gasteiger partial charge on any atom is 0.286 e. The lowest BCUT2D eigenvalue weighted by Gasteiger charge is -2.27.